The Bertz CT molecular complexity index is 698. The molecule has 27 heavy (non-hydrogen) atoms. The molecular formula is C23H30O4. The molecule has 0 aromatic carbocycles. The second-order valence-electron chi connectivity index (χ2n) is 9.69. The maximum Gasteiger partial charge on any atom is 0.330 e. The first-order valence-electron chi connectivity index (χ1n) is 10.7. The van der Waals surface area contributed by atoms with Gasteiger partial charge in [-0.3, -0.25) is 0 Å². The average molecular weight is 370 g/mol. The fraction of sp³-hybridized carbons (Fsp3) is 0.739. The standard InChI is InChI=1S/C23H30O4/c1-3-19(24)26-12-22-11-17(16-6-5-7-18(16)22)21-14-8-9-15(10-14)23(21,22)13-27-20(25)4-2/h3-4,14-18,21H,1-2,5-13H2. The van der Waals surface area contributed by atoms with E-state index >= 15 is 0 Å². The van der Waals surface area contributed by atoms with Crippen molar-refractivity contribution in [3.63, 3.8) is 0 Å². The predicted octanol–water partition coefficient (Wildman–Crippen LogP) is 3.91. The average Bonchev–Trinajstić information content (AvgIpc) is 3.46. The minimum absolute atomic E-state index is 0.00773. The van der Waals surface area contributed by atoms with Crippen molar-refractivity contribution in [3.8, 4) is 0 Å². The highest BCUT2D eigenvalue weighted by atomic mass is 16.5. The second-order valence-corrected chi connectivity index (χ2v) is 9.69. The van der Waals surface area contributed by atoms with Gasteiger partial charge in [-0.05, 0) is 74.0 Å². The molecule has 0 N–H and O–H groups in total. The number of carbonyl (C=O) groups excluding carboxylic acids is 2. The Balaban J connectivity index is 1.56. The lowest BCUT2D eigenvalue weighted by Crippen LogP contribution is -2.57. The Kier molecular flexibility index (Phi) is 3.86. The van der Waals surface area contributed by atoms with Crippen LogP contribution < -0.4 is 0 Å². The molecule has 4 heteroatoms. The van der Waals surface area contributed by atoms with Gasteiger partial charge in [-0.25, -0.2) is 9.59 Å². The smallest absolute Gasteiger partial charge is 0.330 e. The van der Waals surface area contributed by atoms with Gasteiger partial charge >= 0.3 is 11.9 Å². The van der Waals surface area contributed by atoms with Crippen LogP contribution in [0.3, 0.4) is 0 Å². The molecule has 0 heterocycles. The van der Waals surface area contributed by atoms with E-state index in [1.54, 1.807) is 0 Å². The second kappa shape index (κ2) is 5.96. The first-order valence-corrected chi connectivity index (χ1v) is 10.7. The van der Waals surface area contributed by atoms with Crippen molar-refractivity contribution in [2.75, 3.05) is 13.2 Å². The predicted molar refractivity (Wildman–Crippen MR) is 100 cm³/mol. The lowest BCUT2D eigenvalue weighted by Gasteiger charge is -2.56. The molecule has 0 radical (unpaired) electrons. The Morgan fingerprint density at radius 3 is 2.44 bits per heavy atom. The SMILES string of the molecule is C=CC(=O)OCC12CC(C3CCCC31)C1C3CCC(C3)C12COC(=O)C=C. The van der Waals surface area contributed by atoms with E-state index in [0.717, 1.165) is 24.2 Å². The number of rotatable bonds is 6. The van der Waals surface area contributed by atoms with Crippen LogP contribution in [0.5, 0.6) is 0 Å². The van der Waals surface area contributed by atoms with Gasteiger partial charge in [0.1, 0.15) is 0 Å². The molecule has 8 atom stereocenters. The summed E-state index contributed by atoms with van der Waals surface area (Å²) in [6.07, 6.45) is 11.3. The van der Waals surface area contributed by atoms with Crippen LogP contribution in [-0.4, -0.2) is 25.2 Å². The van der Waals surface area contributed by atoms with E-state index in [0.29, 0.717) is 31.0 Å². The summed E-state index contributed by atoms with van der Waals surface area (Å²) >= 11 is 0. The summed E-state index contributed by atoms with van der Waals surface area (Å²) in [5, 5.41) is 0. The number of fused-ring (bicyclic) bond motifs is 12. The van der Waals surface area contributed by atoms with Gasteiger partial charge in [-0.2, -0.15) is 0 Å². The quantitative estimate of drug-likeness (QED) is 0.404. The zero-order chi connectivity index (χ0) is 18.8. The normalized spacial score (nSPS) is 48.1. The van der Waals surface area contributed by atoms with Gasteiger partial charge in [-0.1, -0.05) is 19.6 Å². The van der Waals surface area contributed by atoms with Crippen molar-refractivity contribution in [3.05, 3.63) is 25.3 Å². The van der Waals surface area contributed by atoms with Crippen molar-refractivity contribution in [2.45, 2.75) is 44.9 Å². The van der Waals surface area contributed by atoms with Gasteiger partial charge in [0, 0.05) is 23.0 Å². The van der Waals surface area contributed by atoms with E-state index in [9.17, 15) is 9.59 Å². The summed E-state index contributed by atoms with van der Waals surface area (Å²) in [6.45, 7) is 8.09. The highest BCUT2D eigenvalue weighted by molar-refractivity contribution is 5.81. The molecule has 0 amide bonds. The van der Waals surface area contributed by atoms with Crippen molar-refractivity contribution >= 4 is 11.9 Å². The molecule has 4 nitrogen and oxygen atoms in total. The minimum Gasteiger partial charge on any atom is -0.462 e. The monoisotopic (exact) mass is 370 g/mol. The van der Waals surface area contributed by atoms with Crippen molar-refractivity contribution in [2.24, 2.45) is 46.3 Å². The van der Waals surface area contributed by atoms with E-state index in [1.807, 2.05) is 0 Å². The maximum absolute atomic E-state index is 12.0. The third-order valence-electron chi connectivity index (χ3n) is 9.38. The molecule has 5 aliphatic rings. The van der Waals surface area contributed by atoms with Crippen LogP contribution in [0.2, 0.25) is 0 Å². The summed E-state index contributed by atoms with van der Waals surface area (Å²) < 4.78 is 11.5. The van der Waals surface area contributed by atoms with E-state index < -0.39 is 0 Å². The Hall–Kier alpha value is -1.58. The molecule has 5 saturated carbocycles. The number of hydrogen-bond donors (Lipinski definition) is 0. The van der Waals surface area contributed by atoms with Crippen LogP contribution in [0.15, 0.2) is 25.3 Å². The fourth-order valence-corrected chi connectivity index (χ4v) is 8.98. The zero-order valence-electron chi connectivity index (χ0n) is 16.0. The van der Waals surface area contributed by atoms with E-state index in [1.165, 1.54) is 50.7 Å². The summed E-state index contributed by atoms with van der Waals surface area (Å²) in [6, 6.07) is 0. The number of ether oxygens (including phenoxy) is 2. The Labute approximate surface area is 161 Å². The molecule has 0 aromatic heterocycles. The molecule has 4 bridgehead atoms. The molecule has 5 fully saturated rings. The van der Waals surface area contributed by atoms with Gasteiger partial charge in [0.05, 0.1) is 13.2 Å². The van der Waals surface area contributed by atoms with Gasteiger partial charge < -0.3 is 9.47 Å². The van der Waals surface area contributed by atoms with E-state index in [4.69, 9.17) is 9.47 Å². The first kappa shape index (κ1) is 17.5. The number of carbonyl (C=O) groups is 2. The Morgan fingerprint density at radius 1 is 0.963 bits per heavy atom. The van der Waals surface area contributed by atoms with Crippen LogP contribution in [0.4, 0.5) is 0 Å². The third-order valence-corrected chi connectivity index (χ3v) is 9.38. The van der Waals surface area contributed by atoms with Crippen LogP contribution in [0.1, 0.15) is 44.9 Å². The lowest BCUT2D eigenvalue weighted by molar-refractivity contribution is -0.179. The topological polar surface area (TPSA) is 52.6 Å². The summed E-state index contributed by atoms with van der Waals surface area (Å²) in [5.74, 6) is 3.45. The van der Waals surface area contributed by atoms with Crippen molar-refractivity contribution < 1.29 is 19.1 Å². The van der Waals surface area contributed by atoms with Gasteiger partial charge in [-0.15, -0.1) is 0 Å². The van der Waals surface area contributed by atoms with Crippen molar-refractivity contribution in [1.29, 1.82) is 0 Å². The maximum atomic E-state index is 12.0. The third kappa shape index (κ3) is 2.05. The Morgan fingerprint density at radius 2 is 1.70 bits per heavy atom. The molecule has 0 aromatic rings. The molecule has 5 aliphatic carbocycles. The van der Waals surface area contributed by atoms with E-state index in [-0.39, 0.29) is 22.8 Å². The molecule has 0 spiro atoms. The molecule has 5 rings (SSSR count). The van der Waals surface area contributed by atoms with Gasteiger partial charge in [0.15, 0.2) is 0 Å². The van der Waals surface area contributed by atoms with E-state index in [2.05, 4.69) is 13.2 Å². The largest absolute Gasteiger partial charge is 0.462 e. The fourth-order valence-electron chi connectivity index (χ4n) is 8.98. The van der Waals surface area contributed by atoms with Crippen LogP contribution in [0, 0.1) is 46.3 Å². The van der Waals surface area contributed by atoms with Crippen LogP contribution >= 0.6 is 0 Å². The number of esters is 2. The van der Waals surface area contributed by atoms with Gasteiger partial charge in [0.2, 0.25) is 0 Å². The number of hydrogen-bond acceptors (Lipinski definition) is 4. The first-order chi connectivity index (χ1) is 13.1. The summed E-state index contributed by atoms with van der Waals surface area (Å²) in [5.41, 5.74) is -0.0321. The molecule has 0 aliphatic heterocycles. The highest BCUT2D eigenvalue weighted by Gasteiger charge is 2.80. The molecule has 0 saturated heterocycles. The highest BCUT2D eigenvalue weighted by Crippen LogP contribution is 2.83. The molecule has 146 valence electrons. The van der Waals surface area contributed by atoms with Crippen LogP contribution in [0.25, 0.3) is 0 Å². The summed E-state index contributed by atoms with van der Waals surface area (Å²) in [7, 11) is 0. The molecular weight excluding hydrogens is 340 g/mol. The minimum atomic E-state index is -0.327. The van der Waals surface area contributed by atoms with Crippen LogP contribution in [-0.2, 0) is 19.1 Å². The van der Waals surface area contributed by atoms with Gasteiger partial charge in [0.25, 0.3) is 0 Å². The molecule has 8 unspecified atom stereocenters. The van der Waals surface area contributed by atoms with Crippen molar-refractivity contribution in [1.82, 2.24) is 0 Å². The lowest BCUT2D eigenvalue weighted by atomic mass is 9.48. The summed E-state index contributed by atoms with van der Waals surface area (Å²) in [4.78, 5) is 23.9. The zero-order valence-corrected chi connectivity index (χ0v) is 16.0.